The van der Waals surface area contributed by atoms with Gasteiger partial charge in [0.2, 0.25) is 0 Å². The smallest absolute Gasteiger partial charge is 0.267 e. The zero-order valence-corrected chi connectivity index (χ0v) is 12.9. The number of thiazole rings is 1. The highest BCUT2D eigenvalue weighted by atomic mass is 32.1. The zero-order chi connectivity index (χ0) is 16.1. The van der Waals surface area contributed by atoms with Crippen LogP contribution < -0.4 is 10.6 Å². The minimum atomic E-state index is -0.536. The molecule has 1 aromatic heterocycles. The lowest BCUT2D eigenvalue weighted by Crippen LogP contribution is -2.14. The summed E-state index contributed by atoms with van der Waals surface area (Å²) in [5, 5.41) is 24.3. The predicted octanol–water partition coefficient (Wildman–Crippen LogP) is 2.92. The topological polar surface area (TPSA) is 98.0 Å². The lowest BCUT2D eigenvalue weighted by Gasteiger charge is -2.04. The molecule has 112 valence electrons. The summed E-state index contributed by atoms with van der Waals surface area (Å²) in [6, 6.07) is 7.83. The molecule has 0 fully saturated rings. The molecule has 1 amide bonds. The molecule has 6 nitrogen and oxygen atoms in total. The second-order valence-corrected chi connectivity index (χ2v) is 5.68. The van der Waals surface area contributed by atoms with Crippen LogP contribution in [0.1, 0.15) is 10.6 Å². The van der Waals surface area contributed by atoms with Crippen molar-refractivity contribution in [2.75, 3.05) is 10.6 Å². The quantitative estimate of drug-likeness (QED) is 0.458. The fourth-order valence-electron chi connectivity index (χ4n) is 1.56. The Hall–Kier alpha value is -2.85. The SMILES string of the molecule is Cc1nc(N/C=C(/C#N)C(=O)Nc2ccc(O)cc2)sc1C. The molecule has 0 atom stereocenters. The van der Waals surface area contributed by atoms with Gasteiger partial charge >= 0.3 is 0 Å². The largest absolute Gasteiger partial charge is 0.508 e. The van der Waals surface area contributed by atoms with Gasteiger partial charge in [-0.1, -0.05) is 0 Å². The number of carbonyl (C=O) groups is 1. The van der Waals surface area contributed by atoms with Crippen molar-refractivity contribution in [2.45, 2.75) is 13.8 Å². The van der Waals surface area contributed by atoms with Gasteiger partial charge in [0.15, 0.2) is 5.13 Å². The van der Waals surface area contributed by atoms with Crippen LogP contribution in [-0.2, 0) is 4.79 Å². The van der Waals surface area contributed by atoms with Crippen LogP contribution >= 0.6 is 11.3 Å². The monoisotopic (exact) mass is 314 g/mol. The summed E-state index contributed by atoms with van der Waals surface area (Å²) in [6.45, 7) is 3.84. The molecular weight excluding hydrogens is 300 g/mol. The Morgan fingerprint density at radius 2 is 2.05 bits per heavy atom. The van der Waals surface area contributed by atoms with Crippen LogP contribution in [0.3, 0.4) is 0 Å². The van der Waals surface area contributed by atoms with E-state index in [9.17, 15) is 9.90 Å². The summed E-state index contributed by atoms with van der Waals surface area (Å²) < 4.78 is 0. The van der Waals surface area contributed by atoms with E-state index in [1.165, 1.54) is 29.7 Å². The van der Waals surface area contributed by atoms with E-state index in [-0.39, 0.29) is 11.3 Å². The zero-order valence-electron chi connectivity index (χ0n) is 12.0. The molecule has 0 aliphatic heterocycles. The predicted molar refractivity (Wildman–Crippen MR) is 85.6 cm³/mol. The highest BCUT2D eigenvalue weighted by molar-refractivity contribution is 7.15. The maximum Gasteiger partial charge on any atom is 0.267 e. The van der Waals surface area contributed by atoms with E-state index in [1.807, 2.05) is 19.9 Å². The maximum atomic E-state index is 12.0. The number of hydrogen-bond acceptors (Lipinski definition) is 6. The van der Waals surface area contributed by atoms with Gasteiger partial charge < -0.3 is 15.7 Å². The molecule has 0 unspecified atom stereocenters. The fourth-order valence-corrected chi connectivity index (χ4v) is 2.34. The molecule has 1 aromatic carbocycles. The third-order valence-electron chi connectivity index (χ3n) is 2.86. The number of aromatic nitrogens is 1. The number of aromatic hydroxyl groups is 1. The number of anilines is 2. The van der Waals surface area contributed by atoms with Gasteiger partial charge in [-0.15, -0.1) is 11.3 Å². The van der Waals surface area contributed by atoms with Crippen molar-refractivity contribution < 1.29 is 9.90 Å². The molecule has 1 heterocycles. The Labute approximate surface area is 131 Å². The standard InChI is InChI=1S/C15H14N4O2S/c1-9-10(2)22-15(18-9)17-8-11(7-16)14(21)19-12-3-5-13(20)6-4-12/h3-6,8,20H,1-2H3,(H,17,18)(H,19,21)/b11-8-. The number of aryl methyl sites for hydroxylation is 2. The van der Waals surface area contributed by atoms with E-state index in [0.29, 0.717) is 10.8 Å². The Morgan fingerprint density at radius 3 is 2.59 bits per heavy atom. The first-order valence-corrected chi connectivity index (χ1v) is 7.22. The fraction of sp³-hybridized carbons (Fsp3) is 0.133. The van der Waals surface area contributed by atoms with E-state index < -0.39 is 5.91 Å². The highest BCUT2D eigenvalue weighted by Gasteiger charge is 2.10. The number of phenols is 1. The Balaban J connectivity index is 2.06. The van der Waals surface area contributed by atoms with Crippen LogP contribution in [0.15, 0.2) is 36.0 Å². The van der Waals surface area contributed by atoms with E-state index in [4.69, 9.17) is 5.26 Å². The molecule has 0 spiro atoms. The first-order chi connectivity index (χ1) is 10.5. The molecule has 0 radical (unpaired) electrons. The lowest BCUT2D eigenvalue weighted by molar-refractivity contribution is -0.112. The Bertz CT molecular complexity index is 737. The van der Waals surface area contributed by atoms with Crippen molar-refractivity contribution in [2.24, 2.45) is 0 Å². The first kappa shape index (κ1) is 15.5. The third-order valence-corrected chi connectivity index (χ3v) is 3.86. The molecule has 2 rings (SSSR count). The van der Waals surface area contributed by atoms with Gasteiger partial charge in [-0.25, -0.2) is 4.98 Å². The van der Waals surface area contributed by atoms with E-state index in [0.717, 1.165) is 10.6 Å². The van der Waals surface area contributed by atoms with Crippen molar-refractivity contribution in [3.63, 3.8) is 0 Å². The summed E-state index contributed by atoms with van der Waals surface area (Å²) >= 11 is 1.45. The van der Waals surface area contributed by atoms with Gasteiger partial charge in [0.05, 0.1) is 5.69 Å². The lowest BCUT2D eigenvalue weighted by atomic mass is 10.2. The number of nitrogens with one attached hydrogen (secondary N) is 2. The second-order valence-electron chi connectivity index (χ2n) is 4.48. The van der Waals surface area contributed by atoms with Gasteiger partial charge in [0, 0.05) is 16.8 Å². The number of amides is 1. The third kappa shape index (κ3) is 3.84. The van der Waals surface area contributed by atoms with Crippen molar-refractivity contribution >= 4 is 28.1 Å². The molecule has 22 heavy (non-hydrogen) atoms. The first-order valence-electron chi connectivity index (χ1n) is 6.41. The molecule has 2 aromatic rings. The molecule has 0 saturated carbocycles. The average molecular weight is 314 g/mol. The van der Waals surface area contributed by atoms with Gasteiger partial charge in [0.25, 0.3) is 5.91 Å². The second kappa shape index (κ2) is 6.74. The van der Waals surface area contributed by atoms with Crippen LogP contribution in [0.2, 0.25) is 0 Å². The van der Waals surface area contributed by atoms with Gasteiger partial charge in [0.1, 0.15) is 17.4 Å². The van der Waals surface area contributed by atoms with E-state index >= 15 is 0 Å². The number of nitrogens with zero attached hydrogens (tertiary/aromatic N) is 2. The van der Waals surface area contributed by atoms with Crippen molar-refractivity contribution in [3.8, 4) is 11.8 Å². The van der Waals surface area contributed by atoms with Crippen LogP contribution in [0.25, 0.3) is 0 Å². The molecule has 0 bridgehead atoms. The Morgan fingerprint density at radius 1 is 1.36 bits per heavy atom. The number of rotatable bonds is 4. The normalized spacial score (nSPS) is 10.9. The average Bonchev–Trinajstić information content (AvgIpc) is 2.81. The van der Waals surface area contributed by atoms with Crippen LogP contribution in [-0.4, -0.2) is 16.0 Å². The number of hydrogen-bond donors (Lipinski definition) is 3. The van der Waals surface area contributed by atoms with Gasteiger partial charge in [-0.05, 0) is 38.1 Å². The molecule has 0 aliphatic rings. The number of carbonyl (C=O) groups excluding carboxylic acids is 1. The summed E-state index contributed by atoms with van der Waals surface area (Å²) in [4.78, 5) is 17.3. The summed E-state index contributed by atoms with van der Waals surface area (Å²) in [5.74, 6) is -0.434. The van der Waals surface area contributed by atoms with Crippen molar-refractivity contribution in [3.05, 3.63) is 46.6 Å². The van der Waals surface area contributed by atoms with E-state index in [1.54, 1.807) is 12.1 Å². The summed E-state index contributed by atoms with van der Waals surface area (Å²) in [7, 11) is 0. The molecule has 0 saturated heterocycles. The van der Waals surface area contributed by atoms with E-state index in [2.05, 4.69) is 15.6 Å². The van der Waals surface area contributed by atoms with Crippen LogP contribution in [0.5, 0.6) is 5.75 Å². The van der Waals surface area contributed by atoms with Gasteiger partial charge in [-0.2, -0.15) is 5.26 Å². The van der Waals surface area contributed by atoms with Crippen LogP contribution in [0, 0.1) is 25.2 Å². The molecule has 0 aliphatic carbocycles. The summed E-state index contributed by atoms with van der Waals surface area (Å²) in [6.07, 6.45) is 1.33. The molecule has 3 N–H and O–H groups in total. The summed E-state index contributed by atoms with van der Waals surface area (Å²) in [5.41, 5.74) is 1.33. The van der Waals surface area contributed by atoms with Crippen LogP contribution in [0.4, 0.5) is 10.8 Å². The molecular formula is C15H14N4O2S. The minimum Gasteiger partial charge on any atom is -0.508 e. The van der Waals surface area contributed by atoms with Crippen molar-refractivity contribution in [1.82, 2.24) is 4.98 Å². The minimum absolute atomic E-state index is 0.0708. The Kier molecular flexibility index (Phi) is 4.76. The number of phenolic OH excluding ortho intramolecular Hbond substituents is 1. The highest BCUT2D eigenvalue weighted by Crippen LogP contribution is 2.21. The number of benzene rings is 1. The number of nitriles is 1. The maximum absolute atomic E-state index is 12.0. The van der Waals surface area contributed by atoms with Gasteiger partial charge in [-0.3, -0.25) is 4.79 Å². The molecule has 7 heteroatoms. The van der Waals surface area contributed by atoms with Crippen molar-refractivity contribution in [1.29, 1.82) is 5.26 Å².